The minimum Gasteiger partial charge on any atom is -0.312 e. The summed E-state index contributed by atoms with van der Waals surface area (Å²) in [4.78, 5) is 0. The van der Waals surface area contributed by atoms with Gasteiger partial charge in [-0.15, -0.1) is 0 Å². The largest absolute Gasteiger partial charge is 0.312 e. The fourth-order valence-corrected chi connectivity index (χ4v) is 2.02. The van der Waals surface area contributed by atoms with E-state index in [4.69, 9.17) is 0 Å². The molecule has 0 aliphatic heterocycles. The van der Waals surface area contributed by atoms with Gasteiger partial charge in [-0.3, -0.25) is 4.68 Å². The van der Waals surface area contributed by atoms with Crippen LogP contribution in [0.15, 0.2) is 42.7 Å². The first-order valence-corrected chi connectivity index (χ1v) is 7.35. The third-order valence-corrected chi connectivity index (χ3v) is 3.76. The van der Waals surface area contributed by atoms with Crippen LogP contribution >= 0.6 is 0 Å². The van der Waals surface area contributed by atoms with Crippen molar-refractivity contribution in [1.29, 1.82) is 0 Å². The third-order valence-electron chi connectivity index (χ3n) is 3.76. The van der Waals surface area contributed by atoms with Gasteiger partial charge in [-0.1, -0.05) is 51.1 Å². The molecule has 3 nitrogen and oxygen atoms in total. The van der Waals surface area contributed by atoms with Gasteiger partial charge in [0.15, 0.2) is 0 Å². The summed E-state index contributed by atoms with van der Waals surface area (Å²) >= 11 is 0. The second-order valence-electron chi connectivity index (χ2n) is 6.15. The van der Waals surface area contributed by atoms with E-state index in [1.165, 1.54) is 17.5 Å². The van der Waals surface area contributed by atoms with Crippen LogP contribution in [-0.4, -0.2) is 16.3 Å². The van der Waals surface area contributed by atoms with Crippen molar-refractivity contribution >= 4 is 0 Å². The van der Waals surface area contributed by atoms with Crippen LogP contribution < -0.4 is 5.32 Å². The van der Waals surface area contributed by atoms with Gasteiger partial charge in [0.2, 0.25) is 0 Å². The monoisotopic (exact) mass is 271 g/mol. The Morgan fingerprint density at radius 3 is 2.60 bits per heavy atom. The van der Waals surface area contributed by atoms with E-state index >= 15 is 0 Å². The second-order valence-corrected chi connectivity index (χ2v) is 6.15. The maximum absolute atomic E-state index is 4.42. The SMILES string of the molecule is CCC(C)(C)CNCc1cnn(Cc2ccccc2)c1. The van der Waals surface area contributed by atoms with Gasteiger partial charge in [0.05, 0.1) is 12.7 Å². The highest BCUT2D eigenvalue weighted by Gasteiger charge is 2.13. The van der Waals surface area contributed by atoms with Crippen LogP contribution in [0.3, 0.4) is 0 Å². The standard InChI is InChI=1S/C17H25N3/c1-4-17(2,3)14-18-10-16-11-19-20(13-16)12-15-8-6-5-7-9-15/h5-9,11,13,18H,4,10,12,14H2,1-3H3. The first kappa shape index (κ1) is 14.8. The van der Waals surface area contributed by atoms with Crippen molar-refractivity contribution in [2.24, 2.45) is 5.41 Å². The molecule has 2 aromatic rings. The molecule has 0 aliphatic rings. The fourth-order valence-electron chi connectivity index (χ4n) is 2.02. The number of nitrogens with one attached hydrogen (secondary N) is 1. The average Bonchev–Trinajstić information content (AvgIpc) is 2.87. The Bertz CT molecular complexity index is 514. The zero-order chi connectivity index (χ0) is 14.4. The summed E-state index contributed by atoms with van der Waals surface area (Å²) < 4.78 is 2.00. The molecule has 0 fully saturated rings. The smallest absolute Gasteiger partial charge is 0.0659 e. The van der Waals surface area contributed by atoms with Crippen LogP contribution in [0.25, 0.3) is 0 Å². The van der Waals surface area contributed by atoms with Gasteiger partial charge in [-0.2, -0.15) is 5.10 Å². The van der Waals surface area contributed by atoms with Crippen molar-refractivity contribution in [2.45, 2.75) is 40.3 Å². The van der Waals surface area contributed by atoms with Gasteiger partial charge in [0, 0.05) is 24.8 Å². The molecule has 1 aromatic heterocycles. The topological polar surface area (TPSA) is 29.9 Å². The molecule has 1 N–H and O–H groups in total. The molecular weight excluding hydrogens is 246 g/mol. The van der Waals surface area contributed by atoms with Crippen molar-refractivity contribution in [3.63, 3.8) is 0 Å². The summed E-state index contributed by atoms with van der Waals surface area (Å²) in [5, 5.41) is 7.94. The Balaban J connectivity index is 1.84. The van der Waals surface area contributed by atoms with Crippen LogP contribution in [0, 0.1) is 5.41 Å². The fraction of sp³-hybridized carbons (Fsp3) is 0.471. The van der Waals surface area contributed by atoms with Crippen molar-refractivity contribution in [3.05, 3.63) is 53.9 Å². The van der Waals surface area contributed by atoms with Gasteiger partial charge in [-0.05, 0) is 17.4 Å². The minimum atomic E-state index is 0.361. The maximum atomic E-state index is 4.42. The molecule has 0 aliphatic carbocycles. The van der Waals surface area contributed by atoms with Crippen LogP contribution in [-0.2, 0) is 13.1 Å². The van der Waals surface area contributed by atoms with Gasteiger partial charge in [-0.25, -0.2) is 0 Å². The van der Waals surface area contributed by atoms with E-state index in [9.17, 15) is 0 Å². The quantitative estimate of drug-likeness (QED) is 0.836. The number of nitrogens with zero attached hydrogens (tertiary/aromatic N) is 2. The van der Waals surface area contributed by atoms with E-state index in [1.807, 2.05) is 16.9 Å². The van der Waals surface area contributed by atoms with Crippen molar-refractivity contribution in [3.8, 4) is 0 Å². The highest BCUT2D eigenvalue weighted by molar-refractivity contribution is 5.15. The Labute approximate surface area is 122 Å². The molecule has 2 rings (SSSR count). The molecular formula is C17H25N3. The summed E-state index contributed by atoms with van der Waals surface area (Å²) in [5.74, 6) is 0. The van der Waals surface area contributed by atoms with Gasteiger partial charge in [0.1, 0.15) is 0 Å². The molecule has 0 atom stereocenters. The molecule has 1 aromatic carbocycles. The molecule has 0 unspecified atom stereocenters. The van der Waals surface area contributed by atoms with Crippen molar-refractivity contribution < 1.29 is 0 Å². The summed E-state index contributed by atoms with van der Waals surface area (Å²) in [6, 6.07) is 10.4. The molecule has 0 amide bonds. The number of hydrogen-bond donors (Lipinski definition) is 1. The molecule has 20 heavy (non-hydrogen) atoms. The molecule has 1 heterocycles. The van der Waals surface area contributed by atoms with Crippen LogP contribution in [0.1, 0.15) is 38.3 Å². The summed E-state index contributed by atoms with van der Waals surface area (Å²) in [6.45, 7) is 9.57. The van der Waals surface area contributed by atoms with E-state index < -0.39 is 0 Å². The first-order chi connectivity index (χ1) is 9.59. The lowest BCUT2D eigenvalue weighted by Gasteiger charge is -2.22. The van der Waals surface area contributed by atoms with Crippen molar-refractivity contribution in [1.82, 2.24) is 15.1 Å². The first-order valence-electron chi connectivity index (χ1n) is 7.35. The summed E-state index contributed by atoms with van der Waals surface area (Å²) in [7, 11) is 0. The van der Waals surface area contributed by atoms with Gasteiger partial charge >= 0.3 is 0 Å². The predicted molar refractivity (Wildman–Crippen MR) is 83.5 cm³/mol. The molecule has 0 saturated carbocycles. The maximum Gasteiger partial charge on any atom is 0.0659 e. The van der Waals surface area contributed by atoms with Gasteiger partial charge < -0.3 is 5.32 Å². The number of benzene rings is 1. The Hall–Kier alpha value is -1.61. The van der Waals surface area contributed by atoms with E-state index in [0.29, 0.717) is 5.41 Å². The number of aromatic nitrogens is 2. The van der Waals surface area contributed by atoms with E-state index in [-0.39, 0.29) is 0 Å². The Morgan fingerprint density at radius 1 is 1.15 bits per heavy atom. The normalized spacial score (nSPS) is 11.8. The van der Waals surface area contributed by atoms with Crippen molar-refractivity contribution in [2.75, 3.05) is 6.54 Å². The average molecular weight is 271 g/mol. The molecule has 0 spiro atoms. The lowest BCUT2D eigenvalue weighted by Crippen LogP contribution is -2.28. The molecule has 108 valence electrons. The molecule has 3 heteroatoms. The van der Waals surface area contributed by atoms with E-state index in [1.54, 1.807) is 0 Å². The molecule has 0 radical (unpaired) electrons. The summed E-state index contributed by atoms with van der Waals surface area (Å²) in [5.41, 5.74) is 2.88. The minimum absolute atomic E-state index is 0.361. The Kier molecular flexibility index (Phi) is 4.96. The highest BCUT2D eigenvalue weighted by Crippen LogP contribution is 2.17. The van der Waals surface area contributed by atoms with Gasteiger partial charge in [0.25, 0.3) is 0 Å². The third kappa shape index (κ3) is 4.49. The van der Waals surface area contributed by atoms with Crippen LogP contribution in [0.5, 0.6) is 0 Å². The van der Waals surface area contributed by atoms with Crippen LogP contribution in [0.4, 0.5) is 0 Å². The number of hydrogen-bond acceptors (Lipinski definition) is 2. The lowest BCUT2D eigenvalue weighted by atomic mass is 9.90. The van der Waals surface area contributed by atoms with Crippen LogP contribution in [0.2, 0.25) is 0 Å². The zero-order valence-electron chi connectivity index (χ0n) is 12.8. The second kappa shape index (κ2) is 6.71. The predicted octanol–water partition coefficient (Wildman–Crippen LogP) is 3.46. The number of rotatable bonds is 7. The highest BCUT2D eigenvalue weighted by atomic mass is 15.3. The lowest BCUT2D eigenvalue weighted by molar-refractivity contribution is 0.327. The van der Waals surface area contributed by atoms with E-state index in [2.05, 4.69) is 61.6 Å². The zero-order valence-corrected chi connectivity index (χ0v) is 12.8. The summed E-state index contributed by atoms with van der Waals surface area (Å²) in [6.07, 6.45) is 5.26. The van der Waals surface area contributed by atoms with E-state index in [0.717, 1.165) is 19.6 Å². The molecule has 0 bridgehead atoms. The molecule has 0 saturated heterocycles. The Morgan fingerprint density at radius 2 is 1.90 bits per heavy atom.